The fraction of sp³-hybridized carbons (Fsp3) is 0.526. The summed E-state index contributed by atoms with van der Waals surface area (Å²) in [5, 5.41) is 5.96. The molecule has 5 heteroatoms. The van der Waals surface area contributed by atoms with Gasteiger partial charge in [-0.2, -0.15) is 0 Å². The molecule has 1 aromatic rings. The Morgan fingerprint density at radius 1 is 1.25 bits per heavy atom. The van der Waals surface area contributed by atoms with Gasteiger partial charge in [0.2, 0.25) is 0 Å². The monoisotopic (exact) mass is 331 g/mol. The van der Waals surface area contributed by atoms with Crippen molar-refractivity contribution in [3.8, 4) is 0 Å². The molecular weight excluding hydrogens is 305 g/mol. The predicted octanol–water partition coefficient (Wildman–Crippen LogP) is 2.71. The first kappa shape index (κ1) is 17.0. The minimum absolute atomic E-state index is 0.0970. The largest absolute Gasteiger partial charge is 0.338 e. The summed E-state index contributed by atoms with van der Waals surface area (Å²) >= 11 is 0. The normalized spacial score (nSPS) is 19.5. The molecule has 2 aliphatic rings. The standard InChI is InChI=1S/C19H26FN3O/c1-23-10-6-16(7-11-23)13-21-18(24)22-14-19(8-9-19)12-15-2-4-17(20)5-3-15/h2-6H,7-14H2,1H3,(H2,21,22,24). The van der Waals surface area contributed by atoms with Crippen LogP contribution in [0.4, 0.5) is 9.18 Å². The second-order valence-electron chi connectivity index (χ2n) is 7.21. The van der Waals surface area contributed by atoms with Gasteiger partial charge in [0.15, 0.2) is 0 Å². The van der Waals surface area contributed by atoms with Crippen molar-refractivity contribution in [2.24, 2.45) is 5.41 Å². The van der Waals surface area contributed by atoms with Gasteiger partial charge in [-0.25, -0.2) is 9.18 Å². The van der Waals surface area contributed by atoms with Crippen LogP contribution in [0.15, 0.2) is 35.9 Å². The molecule has 1 aromatic carbocycles. The predicted molar refractivity (Wildman–Crippen MR) is 93.4 cm³/mol. The molecule has 0 saturated heterocycles. The first-order chi connectivity index (χ1) is 11.5. The second kappa shape index (κ2) is 7.34. The van der Waals surface area contributed by atoms with E-state index < -0.39 is 0 Å². The van der Waals surface area contributed by atoms with Crippen LogP contribution in [-0.2, 0) is 6.42 Å². The Hall–Kier alpha value is -1.88. The van der Waals surface area contributed by atoms with Crippen molar-refractivity contribution in [2.75, 3.05) is 33.2 Å². The molecule has 130 valence electrons. The molecule has 0 radical (unpaired) electrons. The van der Waals surface area contributed by atoms with Gasteiger partial charge >= 0.3 is 6.03 Å². The van der Waals surface area contributed by atoms with E-state index in [1.54, 1.807) is 0 Å². The lowest BCUT2D eigenvalue weighted by Gasteiger charge is -2.22. The van der Waals surface area contributed by atoms with Crippen molar-refractivity contribution < 1.29 is 9.18 Å². The third-order valence-electron chi connectivity index (χ3n) is 5.06. The lowest BCUT2D eigenvalue weighted by Crippen LogP contribution is -2.40. The van der Waals surface area contributed by atoms with E-state index in [-0.39, 0.29) is 17.3 Å². The van der Waals surface area contributed by atoms with E-state index in [2.05, 4.69) is 28.7 Å². The van der Waals surface area contributed by atoms with Crippen LogP contribution in [0.25, 0.3) is 0 Å². The molecule has 1 fully saturated rings. The number of halogens is 1. The first-order valence-electron chi connectivity index (χ1n) is 8.67. The number of hydrogen-bond acceptors (Lipinski definition) is 2. The van der Waals surface area contributed by atoms with E-state index in [1.807, 2.05) is 12.1 Å². The molecule has 0 atom stereocenters. The van der Waals surface area contributed by atoms with Gasteiger partial charge in [0.05, 0.1) is 0 Å². The number of nitrogens with one attached hydrogen (secondary N) is 2. The molecule has 4 nitrogen and oxygen atoms in total. The number of benzene rings is 1. The van der Waals surface area contributed by atoms with E-state index in [4.69, 9.17) is 0 Å². The highest BCUT2D eigenvalue weighted by Gasteiger charge is 2.42. The van der Waals surface area contributed by atoms with Crippen LogP contribution in [0.1, 0.15) is 24.8 Å². The Balaban J connectivity index is 1.40. The fourth-order valence-electron chi connectivity index (χ4n) is 3.13. The number of carbonyl (C=O) groups excluding carboxylic acids is 1. The zero-order valence-corrected chi connectivity index (χ0v) is 14.3. The SMILES string of the molecule is CN1CC=C(CNC(=O)NCC2(Cc3ccc(F)cc3)CC2)CC1. The van der Waals surface area contributed by atoms with Crippen molar-refractivity contribution in [2.45, 2.75) is 25.7 Å². The molecule has 2 amide bonds. The molecule has 1 aliphatic heterocycles. The molecule has 1 saturated carbocycles. The molecular formula is C19H26FN3O. The highest BCUT2D eigenvalue weighted by atomic mass is 19.1. The Morgan fingerprint density at radius 3 is 2.62 bits per heavy atom. The zero-order chi connectivity index (χ0) is 17.0. The average molecular weight is 331 g/mol. The zero-order valence-electron chi connectivity index (χ0n) is 14.3. The number of urea groups is 1. The van der Waals surface area contributed by atoms with Gasteiger partial charge in [-0.05, 0) is 55.8 Å². The van der Waals surface area contributed by atoms with Crippen LogP contribution in [0.5, 0.6) is 0 Å². The van der Waals surface area contributed by atoms with Crippen LogP contribution in [0.2, 0.25) is 0 Å². The maximum Gasteiger partial charge on any atom is 0.315 e. The first-order valence-corrected chi connectivity index (χ1v) is 8.67. The van der Waals surface area contributed by atoms with Gasteiger partial charge in [0.1, 0.15) is 5.82 Å². The Bertz CT molecular complexity index is 608. The number of rotatable bonds is 6. The molecule has 1 aliphatic carbocycles. The molecule has 2 N–H and O–H groups in total. The van der Waals surface area contributed by atoms with Gasteiger partial charge in [-0.15, -0.1) is 0 Å². The summed E-state index contributed by atoms with van der Waals surface area (Å²) in [7, 11) is 2.10. The lowest BCUT2D eigenvalue weighted by atomic mass is 9.96. The van der Waals surface area contributed by atoms with Crippen molar-refractivity contribution in [1.29, 1.82) is 0 Å². The molecule has 0 unspecified atom stereocenters. The van der Waals surface area contributed by atoms with E-state index in [0.29, 0.717) is 13.1 Å². The summed E-state index contributed by atoms with van der Waals surface area (Å²) in [6.45, 7) is 3.32. The minimum atomic E-state index is -0.204. The number of carbonyl (C=O) groups is 1. The third kappa shape index (κ3) is 4.81. The number of likely N-dealkylation sites (N-methyl/N-ethyl adjacent to an activating group) is 1. The van der Waals surface area contributed by atoms with Gasteiger partial charge < -0.3 is 15.5 Å². The Morgan fingerprint density at radius 2 is 2.00 bits per heavy atom. The van der Waals surface area contributed by atoms with Gasteiger partial charge in [-0.3, -0.25) is 0 Å². The van der Waals surface area contributed by atoms with E-state index in [1.165, 1.54) is 17.7 Å². The van der Waals surface area contributed by atoms with Crippen LogP contribution < -0.4 is 10.6 Å². The smallest absolute Gasteiger partial charge is 0.315 e. The third-order valence-corrected chi connectivity index (χ3v) is 5.06. The molecule has 0 spiro atoms. The summed E-state index contributed by atoms with van der Waals surface area (Å²) < 4.78 is 13.0. The molecule has 0 aromatic heterocycles. The number of nitrogens with zero attached hydrogens (tertiary/aromatic N) is 1. The van der Waals surface area contributed by atoms with E-state index in [0.717, 1.165) is 44.3 Å². The summed E-state index contributed by atoms with van der Waals surface area (Å²) in [6, 6.07) is 6.58. The second-order valence-corrected chi connectivity index (χ2v) is 7.21. The summed E-state index contributed by atoms with van der Waals surface area (Å²) in [6.07, 6.45) is 6.33. The summed E-state index contributed by atoms with van der Waals surface area (Å²) in [5.74, 6) is -0.204. The van der Waals surface area contributed by atoms with Crippen LogP contribution >= 0.6 is 0 Å². The maximum absolute atomic E-state index is 13.0. The molecule has 24 heavy (non-hydrogen) atoms. The summed E-state index contributed by atoms with van der Waals surface area (Å²) in [5.41, 5.74) is 2.59. The maximum atomic E-state index is 13.0. The van der Waals surface area contributed by atoms with Crippen molar-refractivity contribution in [3.05, 3.63) is 47.3 Å². The highest BCUT2D eigenvalue weighted by Crippen LogP contribution is 2.47. The molecule has 3 rings (SSSR count). The Labute approximate surface area is 143 Å². The van der Waals surface area contributed by atoms with Crippen LogP contribution in [-0.4, -0.2) is 44.2 Å². The highest BCUT2D eigenvalue weighted by molar-refractivity contribution is 5.74. The van der Waals surface area contributed by atoms with Gasteiger partial charge in [0, 0.05) is 26.2 Å². The van der Waals surface area contributed by atoms with Crippen LogP contribution in [0.3, 0.4) is 0 Å². The number of hydrogen-bond donors (Lipinski definition) is 2. The van der Waals surface area contributed by atoms with Crippen molar-refractivity contribution in [1.82, 2.24) is 15.5 Å². The lowest BCUT2D eigenvalue weighted by molar-refractivity contribution is 0.238. The fourth-order valence-corrected chi connectivity index (χ4v) is 3.13. The summed E-state index contributed by atoms with van der Waals surface area (Å²) in [4.78, 5) is 14.3. The van der Waals surface area contributed by atoms with Crippen LogP contribution in [0, 0.1) is 11.2 Å². The van der Waals surface area contributed by atoms with E-state index in [9.17, 15) is 9.18 Å². The van der Waals surface area contributed by atoms with Gasteiger partial charge in [0.25, 0.3) is 0 Å². The average Bonchev–Trinajstić information content (AvgIpc) is 3.35. The van der Waals surface area contributed by atoms with Crippen molar-refractivity contribution >= 4 is 6.03 Å². The topological polar surface area (TPSA) is 44.4 Å². The molecule has 0 bridgehead atoms. The van der Waals surface area contributed by atoms with Gasteiger partial charge in [-0.1, -0.05) is 23.8 Å². The Kier molecular flexibility index (Phi) is 5.19. The quantitative estimate of drug-likeness (QED) is 0.787. The molecule has 1 heterocycles. The van der Waals surface area contributed by atoms with Crippen molar-refractivity contribution in [3.63, 3.8) is 0 Å². The minimum Gasteiger partial charge on any atom is -0.338 e. The number of amides is 2. The van der Waals surface area contributed by atoms with E-state index >= 15 is 0 Å².